The van der Waals surface area contributed by atoms with E-state index in [1.165, 1.54) is 0 Å². The lowest BCUT2D eigenvalue weighted by molar-refractivity contribution is 0.510. The molecule has 0 aliphatic carbocycles. The van der Waals surface area contributed by atoms with Crippen LogP contribution >= 0.6 is 11.8 Å². The van der Waals surface area contributed by atoms with Gasteiger partial charge in [0.1, 0.15) is 5.82 Å². The number of hydrogen-bond donors (Lipinski definition) is 2. The lowest BCUT2D eigenvalue weighted by Crippen LogP contribution is -2.12. The van der Waals surface area contributed by atoms with Crippen molar-refractivity contribution in [2.24, 2.45) is 5.73 Å². The Balaban J connectivity index is 2.31. The number of nitrogens with zero attached hydrogens (tertiary/aromatic N) is 1. The molecular formula is C11H13F2N3S. The van der Waals surface area contributed by atoms with Gasteiger partial charge in [0.15, 0.2) is 11.6 Å². The zero-order valence-corrected chi connectivity index (χ0v) is 10.2. The van der Waals surface area contributed by atoms with Crippen LogP contribution in [0.1, 0.15) is 18.3 Å². The summed E-state index contributed by atoms with van der Waals surface area (Å²) in [7, 11) is 0. The van der Waals surface area contributed by atoms with Gasteiger partial charge in [-0.05, 0) is 18.4 Å². The van der Waals surface area contributed by atoms with Gasteiger partial charge in [-0.2, -0.15) is 11.8 Å². The molecule has 0 amide bonds. The van der Waals surface area contributed by atoms with E-state index in [1.807, 2.05) is 6.26 Å². The molecule has 92 valence electrons. The molecule has 1 heterocycles. The summed E-state index contributed by atoms with van der Waals surface area (Å²) in [6, 6.07) is 1.94. The molecule has 1 atom stereocenters. The summed E-state index contributed by atoms with van der Waals surface area (Å²) in [4.78, 5) is 7.09. The van der Waals surface area contributed by atoms with Crippen LogP contribution in [-0.2, 0) is 0 Å². The van der Waals surface area contributed by atoms with Crippen LogP contribution in [0.25, 0.3) is 11.0 Å². The number of aromatic nitrogens is 2. The van der Waals surface area contributed by atoms with Gasteiger partial charge in [0.05, 0.1) is 17.1 Å². The molecule has 3 N–H and O–H groups in total. The predicted molar refractivity (Wildman–Crippen MR) is 65.9 cm³/mol. The summed E-state index contributed by atoms with van der Waals surface area (Å²) >= 11 is 1.69. The van der Waals surface area contributed by atoms with Crippen molar-refractivity contribution in [3.63, 3.8) is 0 Å². The van der Waals surface area contributed by atoms with E-state index in [-0.39, 0.29) is 6.04 Å². The summed E-state index contributed by atoms with van der Waals surface area (Å²) in [5.74, 6) is -0.293. The van der Waals surface area contributed by atoms with Gasteiger partial charge in [0, 0.05) is 12.1 Å². The normalized spacial score (nSPS) is 13.2. The van der Waals surface area contributed by atoms with Gasteiger partial charge in [0.2, 0.25) is 0 Å². The van der Waals surface area contributed by atoms with E-state index in [1.54, 1.807) is 11.8 Å². The number of aromatic amines is 1. The number of thioether (sulfide) groups is 1. The Labute approximate surface area is 102 Å². The summed E-state index contributed by atoms with van der Waals surface area (Å²) in [5, 5.41) is 0. The highest BCUT2D eigenvalue weighted by atomic mass is 32.2. The van der Waals surface area contributed by atoms with Crippen LogP contribution in [0, 0.1) is 11.6 Å². The largest absolute Gasteiger partial charge is 0.341 e. The predicted octanol–water partition coefficient (Wildman–Crippen LogP) is 2.59. The molecule has 0 bridgehead atoms. The van der Waals surface area contributed by atoms with Crippen molar-refractivity contribution in [2.45, 2.75) is 12.5 Å². The SMILES string of the molecule is CSCCC(N)c1nc2cc(F)c(F)cc2[nH]1. The third kappa shape index (κ3) is 2.58. The molecule has 1 unspecified atom stereocenters. The molecule has 2 rings (SSSR count). The number of benzene rings is 1. The standard InChI is InChI=1S/C11H13F2N3S/c1-17-3-2-8(14)11-15-9-4-6(12)7(13)5-10(9)16-11/h4-5,8H,2-3,14H2,1H3,(H,15,16). The van der Waals surface area contributed by atoms with Crippen LogP contribution in [0.4, 0.5) is 8.78 Å². The maximum atomic E-state index is 13.0. The fraction of sp³-hybridized carbons (Fsp3) is 0.364. The smallest absolute Gasteiger partial charge is 0.161 e. The molecule has 0 spiro atoms. The maximum absolute atomic E-state index is 13.0. The van der Waals surface area contributed by atoms with Crippen LogP contribution in [0.15, 0.2) is 12.1 Å². The minimum Gasteiger partial charge on any atom is -0.341 e. The molecule has 0 fully saturated rings. The lowest BCUT2D eigenvalue weighted by atomic mass is 10.2. The third-order valence-electron chi connectivity index (χ3n) is 2.53. The number of nitrogens with two attached hydrogens (primary N) is 1. The Kier molecular flexibility index (Phi) is 3.63. The fourth-order valence-electron chi connectivity index (χ4n) is 1.58. The van der Waals surface area contributed by atoms with Crippen molar-refractivity contribution >= 4 is 22.8 Å². The highest BCUT2D eigenvalue weighted by Crippen LogP contribution is 2.20. The van der Waals surface area contributed by atoms with Crippen LogP contribution in [0.2, 0.25) is 0 Å². The fourth-order valence-corrected chi connectivity index (χ4v) is 2.07. The molecule has 6 heteroatoms. The summed E-state index contributed by atoms with van der Waals surface area (Å²) in [6.45, 7) is 0. The van der Waals surface area contributed by atoms with E-state index >= 15 is 0 Å². The van der Waals surface area contributed by atoms with Gasteiger partial charge in [-0.25, -0.2) is 13.8 Å². The molecule has 0 saturated heterocycles. The maximum Gasteiger partial charge on any atom is 0.161 e. The third-order valence-corrected chi connectivity index (χ3v) is 3.17. The number of halogens is 2. The first-order valence-electron chi connectivity index (χ1n) is 5.21. The summed E-state index contributed by atoms with van der Waals surface area (Å²) in [5.41, 5.74) is 6.80. The molecule has 2 aromatic rings. The van der Waals surface area contributed by atoms with Gasteiger partial charge in [0.25, 0.3) is 0 Å². The van der Waals surface area contributed by atoms with E-state index in [0.717, 1.165) is 24.3 Å². The minimum atomic E-state index is -0.895. The van der Waals surface area contributed by atoms with Gasteiger partial charge < -0.3 is 10.7 Å². The summed E-state index contributed by atoms with van der Waals surface area (Å²) in [6.07, 6.45) is 2.77. The van der Waals surface area contributed by atoms with Crippen LogP contribution < -0.4 is 5.73 Å². The highest BCUT2D eigenvalue weighted by Gasteiger charge is 2.13. The van der Waals surface area contributed by atoms with Crippen molar-refractivity contribution in [1.82, 2.24) is 9.97 Å². The van der Waals surface area contributed by atoms with Crippen molar-refractivity contribution in [1.29, 1.82) is 0 Å². The Morgan fingerprint density at radius 2 is 2.12 bits per heavy atom. The van der Waals surface area contributed by atoms with E-state index < -0.39 is 11.6 Å². The zero-order chi connectivity index (χ0) is 12.4. The Morgan fingerprint density at radius 1 is 1.41 bits per heavy atom. The lowest BCUT2D eigenvalue weighted by Gasteiger charge is -2.06. The molecule has 1 aromatic carbocycles. The van der Waals surface area contributed by atoms with Gasteiger partial charge in [-0.3, -0.25) is 0 Å². The number of H-pyrrole nitrogens is 1. The first-order chi connectivity index (χ1) is 8.11. The number of nitrogens with one attached hydrogen (secondary N) is 1. The first kappa shape index (κ1) is 12.3. The van der Waals surface area contributed by atoms with Gasteiger partial charge in [-0.15, -0.1) is 0 Å². The monoisotopic (exact) mass is 257 g/mol. The zero-order valence-electron chi connectivity index (χ0n) is 9.34. The van der Waals surface area contributed by atoms with Crippen LogP contribution in [-0.4, -0.2) is 22.0 Å². The van der Waals surface area contributed by atoms with Crippen molar-refractivity contribution in [3.8, 4) is 0 Å². The quantitative estimate of drug-likeness (QED) is 0.885. The van der Waals surface area contributed by atoms with E-state index in [4.69, 9.17) is 5.73 Å². The average Bonchev–Trinajstić information content (AvgIpc) is 2.69. The molecule has 1 aromatic heterocycles. The number of hydrogen-bond acceptors (Lipinski definition) is 3. The second-order valence-electron chi connectivity index (χ2n) is 3.79. The van der Waals surface area contributed by atoms with Crippen molar-refractivity contribution < 1.29 is 8.78 Å². The Morgan fingerprint density at radius 3 is 2.82 bits per heavy atom. The Bertz CT molecular complexity index is 488. The minimum absolute atomic E-state index is 0.235. The second-order valence-corrected chi connectivity index (χ2v) is 4.78. The van der Waals surface area contributed by atoms with Crippen LogP contribution in [0.3, 0.4) is 0 Å². The highest BCUT2D eigenvalue weighted by molar-refractivity contribution is 7.98. The Hall–Kier alpha value is -1.14. The number of fused-ring (bicyclic) bond motifs is 1. The second kappa shape index (κ2) is 5.01. The topological polar surface area (TPSA) is 54.7 Å². The number of rotatable bonds is 4. The van der Waals surface area contributed by atoms with Gasteiger partial charge >= 0.3 is 0 Å². The van der Waals surface area contributed by atoms with E-state index in [9.17, 15) is 8.78 Å². The molecule has 0 saturated carbocycles. The molecule has 3 nitrogen and oxygen atoms in total. The van der Waals surface area contributed by atoms with Gasteiger partial charge in [-0.1, -0.05) is 0 Å². The molecule has 17 heavy (non-hydrogen) atoms. The van der Waals surface area contributed by atoms with Crippen molar-refractivity contribution in [3.05, 3.63) is 29.6 Å². The first-order valence-corrected chi connectivity index (χ1v) is 6.60. The molecule has 0 aliphatic heterocycles. The summed E-state index contributed by atoms with van der Waals surface area (Å²) < 4.78 is 26.0. The molecular weight excluding hydrogens is 244 g/mol. The van der Waals surface area contributed by atoms with Crippen molar-refractivity contribution in [2.75, 3.05) is 12.0 Å². The number of imidazole rings is 1. The molecule has 0 radical (unpaired) electrons. The van der Waals surface area contributed by atoms with E-state index in [2.05, 4.69) is 9.97 Å². The van der Waals surface area contributed by atoms with E-state index in [0.29, 0.717) is 16.9 Å². The van der Waals surface area contributed by atoms with Crippen LogP contribution in [0.5, 0.6) is 0 Å². The average molecular weight is 257 g/mol. The molecule has 0 aliphatic rings.